The number of carbonyl (C=O) groups is 1. The average Bonchev–Trinajstić information content (AvgIpc) is 2.82. The van der Waals surface area contributed by atoms with Crippen molar-refractivity contribution in [3.05, 3.63) is 29.3 Å². The fourth-order valence-corrected chi connectivity index (χ4v) is 3.37. The molecule has 0 spiro atoms. The van der Waals surface area contributed by atoms with Crippen LogP contribution in [-0.4, -0.2) is 23.5 Å². The first-order chi connectivity index (χ1) is 8.16. The maximum Gasteiger partial charge on any atom is 0.251 e. The van der Waals surface area contributed by atoms with E-state index in [0.29, 0.717) is 5.25 Å². The number of benzene rings is 1. The summed E-state index contributed by atoms with van der Waals surface area (Å²) in [6.07, 6.45) is 2.49. The lowest BCUT2D eigenvalue weighted by Crippen LogP contribution is -2.30. The van der Waals surface area contributed by atoms with E-state index in [9.17, 15) is 4.79 Å². The van der Waals surface area contributed by atoms with Gasteiger partial charge in [-0.1, -0.05) is 6.07 Å². The highest BCUT2D eigenvalue weighted by Crippen LogP contribution is 2.25. The van der Waals surface area contributed by atoms with Gasteiger partial charge in [0.05, 0.1) is 0 Å². The minimum atomic E-state index is 0.0194. The van der Waals surface area contributed by atoms with Crippen LogP contribution in [0.2, 0.25) is 0 Å². The summed E-state index contributed by atoms with van der Waals surface area (Å²) in [5.74, 6) is 1.25. The Balaban J connectivity index is 1.96. The van der Waals surface area contributed by atoms with Crippen molar-refractivity contribution in [2.75, 3.05) is 12.3 Å². The molecule has 92 valence electrons. The third-order valence-electron chi connectivity index (χ3n) is 2.98. The van der Waals surface area contributed by atoms with Crippen LogP contribution in [0, 0.1) is 6.92 Å². The van der Waals surface area contributed by atoms with Crippen LogP contribution in [-0.2, 0) is 0 Å². The van der Waals surface area contributed by atoms with Crippen molar-refractivity contribution >= 4 is 30.3 Å². The summed E-state index contributed by atoms with van der Waals surface area (Å²) in [5, 5.41) is 3.61. The molecule has 1 fully saturated rings. The van der Waals surface area contributed by atoms with E-state index in [0.717, 1.165) is 22.6 Å². The van der Waals surface area contributed by atoms with Gasteiger partial charge in [-0.3, -0.25) is 4.79 Å². The first-order valence-corrected chi connectivity index (χ1v) is 7.36. The van der Waals surface area contributed by atoms with Gasteiger partial charge < -0.3 is 5.32 Å². The molecule has 2 rings (SSSR count). The molecule has 1 atom stereocenters. The summed E-state index contributed by atoms with van der Waals surface area (Å²) < 4.78 is 0. The molecular formula is C13H17NOS2. The Hall–Kier alpha value is -0.610. The number of hydrogen-bond acceptors (Lipinski definition) is 3. The van der Waals surface area contributed by atoms with Crippen molar-refractivity contribution < 1.29 is 4.79 Å². The zero-order valence-corrected chi connectivity index (χ0v) is 11.6. The van der Waals surface area contributed by atoms with Crippen LogP contribution in [0.25, 0.3) is 0 Å². The fraction of sp³-hybridized carbons (Fsp3) is 0.462. The van der Waals surface area contributed by atoms with E-state index in [2.05, 4.69) is 17.9 Å². The third kappa shape index (κ3) is 3.42. The van der Waals surface area contributed by atoms with Gasteiger partial charge in [0.15, 0.2) is 0 Å². The van der Waals surface area contributed by atoms with Crippen molar-refractivity contribution in [3.63, 3.8) is 0 Å². The van der Waals surface area contributed by atoms with Crippen LogP contribution in [0.15, 0.2) is 23.1 Å². The van der Waals surface area contributed by atoms with Crippen LogP contribution < -0.4 is 5.32 Å². The van der Waals surface area contributed by atoms with Crippen LogP contribution in [0.4, 0.5) is 0 Å². The molecule has 1 aromatic rings. The second-order valence-electron chi connectivity index (χ2n) is 4.34. The number of thiol groups is 1. The lowest BCUT2D eigenvalue weighted by atomic mass is 10.1. The van der Waals surface area contributed by atoms with Crippen molar-refractivity contribution in [2.45, 2.75) is 29.9 Å². The van der Waals surface area contributed by atoms with Crippen LogP contribution in [0.5, 0.6) is 0 Å². The standard InChI is InChI=1S/C13H17NOS2/c1-9-4-5-10(16)7-12(9)13(15)14-8-11-3-2-6-17-11/h4-5,7,11,16H,2-3,6,8H2,1H3,(H,14,15). The number of amides is 1. The molecule has 1 aliphatic rings. The van der Waals surface area contributed by atoms with Gasteiger partial charge >= 0.3 is 0 Å². The first kappa shape index (κ1) is 12.8. The number of thioether (sulfide) groups is 1. The first-order valence-electron chi connectivity index (χ1n) is 5.86. The highest BCUT2D eigenvalue weighted by atomic mass is 32.2. The Morgan fingerprint density at radius 2 is 2.41 bits per heavy atom. The quantitative estimate of drug-likeness (QED) is 0.825. The molecule has 0 saturated carbocycles. The van der Waals surface area contributed by atoms with Gasteiger partial charge in [0.1, 0.15) is 0 Å². The fourth-order valence-electron chi connectivity index (χ4n) is 1.96. The molecule has 1 N–H and O–H groups in total. The molecule has 0 aromatic heterocycles. The predicted octanol–water partition coefficient (Wildman–Crippen LogP) is 2.91. The number of nitrogens with one attached hydrogen (secondary N) is 1. The topological polar surface area (TPSA) is 29.1 Å². The summed E-state index contributed by atoms with van der Waals surface area (Å²) in [6.45, 7) is 2.73. The summed E-state index contributed by atoms with van der Waals surface area (Å²) in [5.41, 5.74) is 1.74. The number of rotatable bonds is 3. The van der Waals surface area contributed by atoms with Crippen molar-refractivity contribution in [2.24, 2.45) is 0 Å². The Labute approximate surface area is 112 Å². The molecular weight excluding hydrogens is 250 g/mol. The van der Waals surface area contributed by atoms with Gasteiger partial charge in [-0.05, 0) is 43.2 Å². The van der Waals surface area contributed by atoms with Gasteiger partial charge in [-0.2, -0.15) is 11.8 Å². The number of hydrogen-bond donors (Lipinski definition) is 2. The Morgan fingerprint density at radius 3 is 3.12 bits per heavy atom. The van der Waals surface area contributed by atoms with Gasteiger partial charge in [-0.25, -0.2) is 0 Å². The Bertz CT molecular complexity index is 414. The molecule has 1 amide bonds. The molecule has 4 heteroatoms. The van der Waals surface area contributed by atoms with Gasteiger partial charge in [0, 0.05) is 22.3 Å². The number of aryl methyl sites for hydroxylation is 1. The zero-order valence-electron chi connectivity index (χ0n) is 9.90. The molecule has 1 heterocycles. The normalized spacial score (nSPS) is 19.3. The summed E-state index contributed by atoms with van der Waals surface area (Å²) in [4.78, 5) is 12.8. The Morgan fingerprint density at radius 1 is 1.59 bits per heavy atom. The maximum atomic E-state index is 12.0. The van der Waals surface area contributed by atoms with Gasteiger partial charge in [0.2, 0.25) is 0 Å². The zero-order chi connectivity index (χ0) is 12.3. The summed E-state index contributed by atoms with van der Waals surface area (Å²) in [7, 11) is 0. The minimum Gasteiger partial charge on any atom is -0.351 e. The van der Waals surface area contributed by atoms with Crippen molar-refractivity contribution in [1.29, 1.82) is 0 Å². The van der Waals surface area contributed by atoms with Gasteiger partial charge in [0.25, 0.3) is 5.91 Å². The molecule has 0 bridgehead atoms. The van der Waals surface area contributed by atoms with E-state index >= 15 is 0 Å². The van der Waals surface area contributed by atoms with E-state index in [1.54, 1.807) is 0 Å². The second-order valence-corrected chi connectivity index (χ2v) is 6.27. The van der Waals surface area contributed by atoms with E-state index in [1.807, 2.05) is 36.9 Å². The van der Waals surface area contributed by atoms with E-state index in [4.69, 9.17) is 0 Å². The summed E-state index contributed by atoms with van der Waals surface area (Å²) >= 11 is 6.22. The lowest BCUT2D eigenvalue weighted by Gasteiger charge is -2.11. The van der Waals surface area contributed by atoms with Crippen molar-refractivity contribution in [3.8, 4) is 0 Å². The van der Waals surface area contributed by atoms with Crippen LogP contribution in [0.3, 0.4) is 0 Å². The highest BCUT2D eigenvalue weighted by Gasteiger charge is 2.17. The van der Waals surface area contributed by atoms with E-state index in [1.165, 1.54) is 18.6 Å². The van der Waals surface area contributed by atoms with Crippen molar-refractivity contribution in [1.82, 2.24) is 5.32 Å². The van der Waals surface area contributed by atoms with Gasteiger partial charge in [-0.15, -0.1) is 12.6 Å². The molecule has 17 heavy (non-hydrogen) atoms. The largest absolute Gasteiger partial charge is 0.351 e. The molecule has 2 nitrogen and oxygen atoms in total. The molecule has 0 aliphatic carbocycles. The van der Waals surface area contributed by atoms with Crippen LogP contribution >= 0.6 is 24.4 Å². The SMILES string of the molecule is Cc1ccc(S)cc1C(=O)NCC1CCCS1. The average molecular weight is 267 g/mol. The monoisotopic (exact) mass is 267 g/mol. The summed E-state index contributed by atoms with van der Waals surface area (Å²) in [6, 6.07) is 5.67. The lowest BCUT2D eigenvalue weighted by molar-refractivity contribution is 0.0953. The minimum absolute atomic E-state index is 0.0194. The highest BCUT2D eigenvalue weighted by molar-refractivity contribution is 8.00. The number of carbonyl (C=O) groups excluding carboxylic acids is 1. The predicted molar refractivity (Wildman–Crippen MR) is 76.2 cm³/mol. The Kier molecular flexibility index (Phi) is 4.40. The van der Waals surface area contributed by atoms with E-state index in [-0.39, 0.29) is 5.91 Å². The molecule has 1 saturated heterocycles. The maximum absolute atomic E-state index is 12.0. The smallest absolute Gasteiger partial charge is 0.251 e. The third-order valence-corrected chi connectivity index (χ3v) is 4.66. The van der Waals surface area contributed by atoms with Crippen LogP contribution in [0.1, 0.15) is 28.8 Å². The van der Waals surface area contributed by atoms with E-state index < -0.39 is 0 Å². The molecule has 1 aliphatic heterocycles. The molecule has 1 aromatic carbocycles. The second kappa shape index (κ2) is 5.83. The molecule has 1 unspecified atom stereocenters. The molecule has 0 radical (unpaired) electrons.